The van der Waals surface area contributed by atoms with Gasteiger partial charge >= 0.3 is 5.97 Å². The highest BCUT2D eigenvalue weighted by molar-refractivity contribution is 9.10. The number of anilines is 1. The summed E-state index contributed by atoms with van der Waals surface area (Å²) in [5, 5.41) is -0.466. The molecule has 1 aromatic carbocycles. The highest BCUT2D eigenvalue weighted by Crippen LogP contribution is 2.33. The van der Waals surface area contributed by atoms with Crippen molar-refractivity contribution in [3.63, 3.8) is 0 Å². The van der Waals surface area contributed by atoms with Crippen LogP contribution in [0, 0.1) is 0 Å². The maximum Gasteiger partial charge on any atom is 0.326 e. The molecule has 0 spiro atoms. The Morgan fingerprint density at radius 3 is 2.65 bits per heavy atom. The third-order valence-electron chi connectivity index (χ3n) is 3.82. The summed E-state index contributed by atoms with van der Waals surface area (Å²) in [6.07, 6.45) is 2.08. The van der Waals surface area contributed by atoms with Gasteiger partial charge in [0.25, 0.3) is 11.1 Å². The summed E-state index contributed by atoms with van der Waals surface area (Å²) in [6.45, 7) is 3.29. The number of hydrogen-bond acceptors (Lipinski definition) is 6. The monoisotopic (exact) mass is 440 g/mol. The van der Waals surface area contributed by atoms with Crippen molar-refractivity contribution in [1.29, 1.82) is 0 Å². The van der Waals surface area contributed by atoms with Crippen LogP contribution < -0.4 is 4.90 Å². The van der Waals surface area contributed by atoms with Crippen LogP contribution in [0.4, 0.5) is 10.5 Å². The molecular formula is C18H21BrN2O4S. The van der Waals surface area contributed by atoms with Crippen LogP contribution in [0.15, 0.2) is 27.6 Å². The molecule has 140 valence electrons. The third-order valence-corrected chi connectivity index (χ3v) is 5.36. The lowest BCUT2D eigenvalue weighted by atomic mass is 10.2. The second-order valence-electron chi connectivity index (χ2n) is 6.08. The number of esters is 1. The molecule has 0 aromatic heterocycles. The van der Waals surface area contributed by atoms with E-state index in [9.17, 15) is 14.4 Å². The molecule has 2 amide bonds. The minimum atomic E-state index is -0.582. The molecule has 1 aromatic rings. The Kier molecular flexibility index (Phi) is 6.88. The van der Waals surface area contributed by atoms with Gasteiger partial charge < -0.3 is 9.64 Å². The number of amides is 2. The molecule has 1 fully saturated rings. The molecule has 2 rings (SSSR count). The Hall–Kier alpha value is -1.80. The molecule has 8 heteroatoms. The SMILES string of the molecule is CC[C@@H](C)OC(=O)CN1C(=O)S/C(=C\c2ccc(N(C)C)c(Br)c2)C1=O. The van der Waals surface area contributed by atoms with Crippen molar-refractivity contribution in [2.24, 2.45) is 0 Å². The molecule has 26 heavy (non-hydrogen) atoms. The fourth-order valence-corrected chi connectivity index (χ4v) is 3.83. The number of carbonyl (C=O) groups excluding carboxylic acids is 3. The van der Waals surface area contributed by atoms with Gasteiger partial charge in [0.15, 0.2) is 0 Å². The topological polar surface area (TPSA) is 66.9 Å². The summed E-state index contributed by atoms with van der Waals surface area (Å²) in [5.41, 5.74) is 1.79. The van der Waals surface area contributed by atoms with E-state index in [0.717, 1.165) is 32.4 Å². The zero-order valence-electron chi connectivity index (χ0n) is 15.1. The van der Waals surface area contributed by atoms with Gasteiger partial charge in [-0.1, -0.05) is 13.0 Å². The summed E-state index contributed by atoms with van der Waals surface area (Å²) >= 11 is 4.32. The van der Waals surface area contributed by atoms with Crippen molar-refractivity contribution >= 4 is 56.6 Å². The van der Waals surface area contributed by atoms with Crippen molar-refractivity contribution in [2.45, 2.75) is 26.4 Å². The maximum absolute atomic E-state index is 12.5. The van der Waals surface area contributed by atoms with Gasteiger partial charge in [-0.15, -0.1) is 0 Å². The summed E-state index contributed by atoms with van der Waals surface area (Å²) in [7, 11) is 3.87. The molecule has 0 radical (unpaired) electrons. The first-order valence-electron chi connectivity index (χ1n) is 8.14. The average Bonchev–Trinajstić information content (AvgIpc) is 2.82. The minimum Gasteiger partial charge on any atom is -0.461 e. The van der Waals surface area contributed by atoms with Crippen LogP contribution in [-0.4, -0.2) is 48.8 Å². The van der Waals surface area contributed by atoms with Gasteiger partial charge in [0, 0.05) is 18.6 Å². The molecule has 0 N–H and O–H groups in total. The van der Waals surface area contributed by atoms with E-state index >= 15 is 0 Å². The Bertz CT molecular complexity index is 764. The summed E-state index contributed by atoms with van der Waals surface area (Å²) < 4.78 is 6.02. The normalized spacial score (nSPS) is 17.0. The summed E-state index contributed by atoms with van der Waals surface area (Å²) in [5.74, 6) is -1.06. The minimum absolute atomic E-state index is 0.245. The van der Waals surface area contributed by atoms with Crippen LogP contribution in [-0.2, 0) is 14.3 Å². The lowest BCUT2D eigenvalue weighted by Gasteiger charge is -2.15. The average molecular weight is 441 g/mol. The number of benzene rings is 1. The highest BCUT2D eigenvalue weighted by atomic mass is 79.9. The van der Waals surface area contributed by atoms with Gasteiger partial charge in [0.05, 0.1) is 16.7 Å². The van der Waals surface area contributed by atoms with E-state index in [2.05, 4.69) is 15.9 Å². The fourth-order valence-electron chi connectivity index (χ4n) is 2.24. The molecule has 0 aliphatic carbocycles. The van der Waals surface area contributed by atoms with E-state index in [1.54, 1.807) is 13.0 Å². The standard InChI is InChI=1S/C18H21BrN2O4S/c1-5-11(2)25-16(22)10-21-17(23)15(26-18(21)24)9-12-6-7-14(20(3)4)13(19)8-12/h6-9,11H,5,10H2,1-4H3/b15-9-/t11-/m1/s1. The molecule has 0 unspecified atom stereocenters. The van der Waals surface area contributed by atoms with Crippen molar-refractivity contribution in [2.75, 3.05) is 25.5 Å². The second-order valence-corrected chi connectivity index (χ2v) is 7.93. The number of thioether (sulfide) groups is 1. The molecule has 1 heterocycles. The molecule has 6 nitrogen and oxygen atoms in total. The number of imide groups is 1. The lowest BCUT2D eigenvalue weighted by Crippen LogP contribution is -2.35. The Labute approximate surface area is 165 Å². The number of nitrogens with zero attached hydrogens (tertiary/aromatic N) is 2. The predicted octanol–water partition coefficient (Wildman–Crippen LogP) is 3.89. The molecular weight excluding hydrogens is 420 g/mol. The Balaban J connectivity index is 2.14. The van der Waals surface area contributed by atoms with E-state index in [-0.39, 0.29) is 17.6 Å². The first kappa shape index (κ1) is 20.5. The fraction of sp³-hybridized carbons (Fsp3) is 0.389. The van der Waals surface area contributed by atoms with E-state index in [1.807, 2.05) is 44.1 Å². The van der Waals surface area contributed by atoms with Crippen LogP contribution >= 0.6 is 27.7 Å². The van der Waals surface area contributed by atoms with E-state index in [1.165, 1.54) is 0 Å². The number of hydrogen-bond donors (Lipinski definition) is 0. The number of rotatable bonds is 6. The van der Waals surface area contributed by atoms with Crippen molar-refractivity contribution in [1.82, 2.24) is 4.90 Å². The second kappa shape index (κ2) is 8.73. The maximum atomic E-state index is 12.5. The first-order valence-corrected chi connectivity index (χ1v) is 9.75. The first-order chi connectivity index (χ1) is 12.2. The van der Waals surface area contributed by atoms with E-state index in [0.29, 0.717) is 6.42 Å². The van der Waals surface area contributed by atoms with Crippen LogP contribution in [0.25, 0.3) is 6.08 Å². The van der Waals surface area contributed by atoms with Gasteiger partial charge in [-0.25, -0.2) is 0 Å². The molecule has 1 aliphatic rings. The lowest BCUT2D eigenvalue weighted by molar-refractivity contribution is -0.150. The predicted molar refractivity (Wildman–Crippen MR) is 107 cm³/mol. The summed E-state index contributed by atoms with van der Waals surface area (Å²) in [6, 6.07) is 5.66. The van der Waals surface area contributed by atoms with Crippen LogP contribution in [0.2, 0.25) is 0 Å². The molecule has 0 saturated carbocycles. The molecule has 1 aliphatic heterocycles. The quantitative estimate of drug-likeness (QED) is 0.493. The van der Waals surface area contributed by atoms with E-state index in [4.69, 9.17) is 4.74 Å². The van der Waals surface area contributed by atoms with Crippen LogP contribution in [0.3, 0.4) is 0 Å². The molecule has 1 atom stereocenters. The number of halogens is 1. The Morgan fingerprint density at radius 1 is 1.38 bits per heavy atom. The van der Waals surface area contributed by atoms with Crippen LogP contribution in [0.5, 0.6) is 0 Å². The Morgan fingerprint density at radius 2 is 2.08 bits per heavy atom. The van der Waals surface area contributed by atoms with Crippen molar-refractivity contribution < 1.29 is 19.1 Å². The van der Waals surface area contributed by atoms with Gasteiger partial charge in [-0.05, 0) is 64.8 Å². The zero-order valence-corrected chi connectivity index (χ0v) is 17.5. The van der Waals surface area contributed by atoms with Crippen molar-refractivity contribution in [3.8, 4) is 0 Å². The number of ether oxygens (including phenoxy) is 1. The number of carbonyl (C=O) groups is 3. The largest absolute Gasteiger partial charge is 0.461 e. The third kappa shape index (κ3) is 4.88. The molecule has 0 bridgehead atoms. The zero-order chi connectivity index (χ0) is 19.4. The highest BCUT2D eigenvalue weighted by Gasteiger charge is 2.36. The van der Waals surface area contributed by atoms with E-state index < -0.39 is 17.1 Å². The van der Waals surface area contributed by atoms with Crippen molar-refractivity contribution in [3.05, 3.63) is 33.1 Å². The summed E-state index contributed by atoms with van der Waals surface area (Å²) in [4.78, 5) is 39.6. The van der Waals surface area contributed by atoms with Gasteiger partial charge in [0.2, 0.25) is 0 Å². The van der Waals surface area contributed by atoms with Gasteiger partial charge in [-0.2, -0.15) is 0 Å². The van der Waals surface area contributed by atoms with Gasteiger partial charge in [-0.3, -0.25) is 19.3 Å². The smallest absolute Gasteiger partial charge is 0.326 e. The van der Waals surface area contributed by atoms with Crippen LogP contribution in [0.1, 0.15) is 25.8 Å². The van der Waals surface area contributed by atoms with Gasteiger partial charge in [0.1, 0.15) is 6.54 Å². The molecule has 1 saturated heterocycles.